The van der Waals surface area contributed by atoms with Crippen LogP contribution in [0.4, 0.5) is 4.79 Å². The van der Waals surface area contributed by atoms with E-state index in [0.717, 1.165) is 24.0 Å². The summed E-state index contributed by atoms with van der Waals surface area (Å²) in [6.07, 6.45) is 1.15. The number of fused-ring (bicyclic) bond motifs is 5. The second-order valence-corrected chi connectivity index (χ2v) is 9.94. The van der Waals surface area contributed by atoms with E-state index in [9.17, 15) is 14.4 Å². The number of ether oxygens (including phenoxy) is 3. The molecule has 7 heteroatoms. The van der Waals surface area contributed by atoms with E-state index < -0.39 is 23.6 Å². The second-order valence-electron chi connectivity index (χ2n) is 9.94. The Morgan fingerprint density at radius 1 is 0.722 bits per heavy atom. The van der Waals surface area contributed by atoms with Crippen LogP contribution in [-0.4, -0.2) is 28.5 Å². The molecule has 2 bridgehead atoms. The number of rotatable bonds is 4. The molecular formula is C29H27NO6. The van der Waals surface area contributed by atoms with Crippen LogP contribution in [0.25, 0.3) is 0 Å². The van der Waals surface area contributed by atoms with E-state index >= 15 is 0 Å². The normalized spacial score (nSPS) is 17.9. The highest BCUT2D eigenvalue weighted by molar-refractivity contribution is 5.93. The Balaban J connectivity index is 1.50. The molecule has 7 nitrogen and oxygen atoms in total. The Morgan fingerprint density at radius 3 is 1.53 bits per heavy atom. The van der Waals surface area contributed by atoms with Gasteiger partial charge in [-0.2, -0.15) is 0 Å². The first-order valence-electron chi connectivity index (χ1n) is 11.9. The Kier molecular flexibility index (Phi) is 6.00. The zero-order chi connectivity index (χ0) is 25.4. The van der Waals surface area contributed by atoms with E-state index in [1.54, 1.807) is 77.7 Å². The molecule has 0 saturated carbocycles. The van der Waals surface area contributed by atoms with Crippen molar-refractivity contribution in [2.45, 2.75) is 51.3 Å². The fourth-order valence-electron chi connectivity index (χ4n) is 4.79. The topological polar surface area (TPSA) is 82.1 Å². The molecule has 3 aromatic carbocycles. The molecule has 0 radical (unpaired) electrons. The fraction of sp³-hybridized carbons (Fsp3) is 0.276. The highest BCUT2D eigenvalue weighted by Gasteiger charge is 2.48. The molecule has 2 heterocycles. The van der Waals surface area contributed by atoms with Gasteiger partial charge in [-0.15, -0.1) is 0 Å². The summed E-state index contributed by atoms with van der Waals surface area (Å²) in [7, 11) is 0. The minimum atomic E-state index is -0.627. The predicted molar refractivity (Wildman–Crippen MR) is 132 cm³/mol. The van der Waals surface area contributed by atoms with Crippen molar-refractivity contribution in [1.82, 2.24) is 4.90 Å². The van der Waals surface area contributed by atoms with Crippen molar-refractivity contribution in [3.05, 3.63) is 95.1 Å². The smallest absolute Gasteiger partial charge is 0.411 e. The molecule has 0 aromatic heterocycles. The standard InChI is InChI=1S/C29H27NO6/c1-29(2,3)36-28(33)30-22-14-15-23(30)21-17-25(35-27(32)19-12-8-5-9-13-19)24(16-20(21)22)34-26(31)18-10-6-4-7-11-18/h4-13,16-17,22-23H,14-15H2,1-3H3. The van der Waals surface area contributed by atoms with Gasteiger partial charge < -0.3 is 14.2 Å². The lowest BCUT2D eigenvalue weighted by molar-refractivity contribution is 0.0177. The third-order valence-corrected chi connectivity index (χ3v) is 6.28. The summed E-state index contributed by atoms with van der Waals surface area (Å²) in [4.78, 5) is 40.5. The SMILES string of the molecule is CC(C)(C)OC(=O)N1C2CCC1c1cc(OC(=O)c3ccccc3)c(OC(=O)c3ccccc3)cc12. The molecule has 3 aromatic rings. The van der Waals surface area contributed by atoms with Gasteiger partial charge in [-0.1, -0.05) is 36.4 Å². The quantitative estimate of drug-likeness (QED) is 0.321. The predicted octanol–water partition coefficient (Wildman–Crippen LogP) is 6.25. The number of carbonyl (C=O) groups is 3. The minimum Gasteiger partial charge on any atom is -0.444 e. The summed E-state index contributed by atoms with van der Waals surface area (Å²) < 4.78 is 17.1. The number of nitrogens with zero attached hydrogens (tertiary/aromatic N) is 1. The molecule has 36 heavy (non-hydrogen) atoms. The van der Waals surface area contributed by atoms with Crippen molar-refractivity contribution >= 4 is 18.0 Å². The molecule has 0 N–H and O–H groups in total. The summed E-state index contributed by atoms with van der Waals surface area (Å²) in [5.74, 6) is -0.883. The van der Waals surface area contributed by atoms with Crippen LogP contribution < -0.4 is 9.47 Å². The lowest BCUT2D eigenvalue weighted by Gasteiger charge is -2.27. The van der Waals surface area contributed by atoms with Gasteiger partial charge in [0.1, 0.15) is 5.60 Å². The summed E-state index contributed by atoms with van der Waals surface area (Å²) in [5, 5.41) is 0. The van der Waals surface area contributed by atoms with Gasteiger partial charge in [-0.25, -0.2) is 14.4 Å². The van der Waals surface area contributed by atoms with Gasteiger partial charge in [0.2, 0.25) is 0 Å². The maximum Gasteiger partial charge on any atom is 0.411 e. The maximum atomic E-state index is 13.0. The van der Waals surface area contributed by atoms with Crippen LogP contribution in [0.1, 0.15) is 77.5 Å². The van der Waals surface area contributed by atoms with Gasteiger partial charge >= 0.3 is 18.0 Å². The molecule has 1 saturated heterocycles. The molecule has 1 amide bonds. The monoisotopic (exact) mass is 485 g/mol. The zero-order valence-electron chi connectivity index (χ0n) is 20.4. The van der Waals surface area contributed by atoms with Crippen molar-refractivity contribution in [3.8, 4) is 11.5 Å². The largest absolute Gasteiger partial charge is 0.444 e. The zero-order valence-corrected chi connectivity index (χ0v) is 20.4. The average molecular weight is 486 g/mol. The highest BCUT2D eigenvalue weighted by atomic mass is 16.6. The maximum absolute atomic E-state index is 13.0. The first-order valence-corrected chi connectivity index (χ1v) is 11.9. The van der Waals surface area contributed by atoms with Crippen LogP contribution in [0.3, 0.4) is 0 Å². The number of amides is 1. The Hall–Kier alpha value is -4.13. The van der Waals surface area contributed by atoms with E-state index in [4.69, 9.17) is 14.2 Å². The fourth-order valence-corrected chi connectivity index (χ4v) is 4.79. The Morgan fingerprint density at radius 2 is 1.14 bits per heavy atom. The van der Waals surface area contributed by atoms with Crippen molar-refractivity contribution < 1.29 is 28.6 Å². The molecule has 2 atom stereocenters. The van der Waals surface area contributed by atoms with Crippen LogP contribution in [-0.2, 0) is 4.74 Å². The van der Waals surface area contributed by atoms with Gasteiger partial charge in [0.15, 0.2) is 11.5 Å². The Bertz CT molecular complexity index is 1220. The third-order valence-electron chi connectivity index (χ3n) is 6.28. The molecule has 1 fully saturated rings. The first kappa shape index (κ1) is 23.6. The number of hydrogen-bond acceptors (Lipinski definition) is 6. The molecule has 0 spiro atoms. The van der Waals surface area contributed by atoms with Crippen molar-refractivity contribution in [2.75, 3.05) is 0 Å². The van der Waals surface area contributed by atoms with Gasteiger partial charge in [0.25, 0.3) is 0 Å². The molecule has 5 rings (SSSR count). The first-order chi connectivity index (χ1) is 17.2. The van der Waals surface area contributed by atoms with Crippen LogP contribution in [0, 0.1) is 0 Å². The summed E-state index contributed by atoms with van der Waals surface area (Å²) in [6, 6.07) is 20.2. The lowest BCUT2D eigenvalue weighted by atomic mass is 9.91. The van der Waals surface area contributed by atoms with E-state index in [2.05, 4.69) is 0 Å². The van der Waals surface area contributed by atoms with Gasteiger partial charge in [-0.3, -0.25) is 4.90 Å². The van der Waals surface area contributed by atoms with Gasteiger partial charge in [-0.05, 0) is 81.1 Å². The second kappa shape index (κ2) is 9.15. The third kappa shape index (κ3) is 4.56. The minimum absolute atomic E-state index is 0.128. The summed E-state index contributed by atoms with van der Waals surface area (Å²) in [5.41, 5.74) is 1.85. The summed E-state index contributed by atoms with van der Waals surface area (Å²) in [6.45, 7) is 5.49. The van der Waals surface area contributed by atoms with Crippen LogP contribution >= 0.6 is 0 Å². The van der Waals surface area contributed by atoms with Crippen LogP contribution in [0.2, 0.25) is 0 Å². The number of benzene rings is 3. The average Bonchev–Trinajstić information content (AvgIpc) is 3.41. The van der Waals surface area contributed by atoms with E-state index in [0.29, 0.717) is 11.1 Å². The molecule has 0 aliphatic carbocycles. The molecule has 2 aliphatic heterocycles. The number of esters is 2. The van der Waals surface area contributed by atoms with Crippen LogP contribution in [0.5, 0.6) is 11.5 Å². The van der Waals surface area contributed by atoms with Crippen molar-refractivity contribution in [3.63, 3.8) is 0 Å². The summed E-state index contributed by atoms with van der Waals surface area (Å²) >= 11 is 0. The highest BCUT2D eigenvalue weighted by Crippen LogP contribution is 2.55. The van der Waals surface area contributed by atoms with Gasteiger partial charge in [0.05, 0.1) is 23.2 Å². The molecule has 184 valence electrons. The van der Waals surface area contributed by atoms with E-state index in [1.165, 1.54) is 0 Å². The van der Waals surface area contributed by atoms with Crippen molar-refractivity contribution in [1.29, 1.82) is 0 Å². The Labute approximate surface area is 209 Å². The number of hydrogen-bond donors (Lipinski definition) is 0. The van der Waals surface area contributed by atoms with E-state index in [1.807, 2.05) is 20.8 Å². The van der Waals surface area contributed by atoms with Gasteiger partial charge in [0, 0.05) is 0 Å². The molecule has 2 unspecified atom stereocenters. The lowest BCUT2D eigenvalue weighted by Crippen LogP contribution is -2.34. The van der Waals surface area contributed by atoms with Crippen molar-refractivity contribution in [2.24, 2.45) is 0 Å². The van der Waals surface area contributed by atoms with Crippen LogP contribution in [0.15, 0.2) is 72.8 Å². The molecular weight excluding hydrogens is 458 g/mol. The number of carbonyl (C=O) groups excluding carboxylic acids is 3. The van der Waals surface area contributed by atoms with E-state index in [-0.39, 0.29) is 23.6 Å². The molecule has 2 aliphatic rings.